The molecule has 104 valence electrons. The van der Waals surface area contributed by atoms with Crippen molar-refractivity contribution < 1.29 is 4.79 Å². The van der Waals surface area contributed by atoms with Gasteiger partial charge in [0.1, 0.15) is 5.82 Å². The molecule has 0 unspecified atom stereocenters. The van der Waals surface area contributed by atoms with Gasteiger partial charge in [-0.25, -0.2) is 4.98 Å². The van der Waals surface area contributed by atoms with Gasteiger partial charge in [0.25, 0.3) is 0 Å². The fourth-order valence-corrected chi connectivity index (χ4v) is 2.50. The molecule has 0 amide bonds. The summed E-state index contributed by atoms with van der Waals surface area (Å²) in [6.45, 7) is 11.3. The summed E-state index contributed by atoms with van der Waals surface area (Å²) in [5.41, 5.74) is 1.61. The molecule has 0 radical (unpaired) electrons. The molecule has 0 spiro atoms. The van der Waals surface area contributed by atoms with Crippen LogP contribution >= 0.6 is 0 Å². The second-order valence-corrected chi connectivity index (χ2v) is 5.00. The number of Topliss-reactive ketones (excluding diaryl/α,β-unsaturated/α-hetero) is 1. The molecule has 1 aromatic heterocycles. The van der Waals surface area contributed by atoms with Crippen molar-refractivity contribution in [3.05, 3.63) is 23.4 Å². The highest BCUT2D eigenvalue weighted by atomic mass is 16.1. The second kappa shape index (κ2) is 6.15. The topological polar surface area (TPSA) is 36.4 Å². The lowest BCUT2D eigenvalue weighted by Crippen LogP contribution is -2.46. The van der Waals surface area contributed by atoms with Gasteiger partial charge in [0.2, 0.25) is 0 Å². The van der Waals surface area contributed by atoms with E-state index in [0.29, 0.717) is 6.42 Å². The summed E-state index contributed by atoms with van der Waals surface area (Å²) in [6.07, 6.45) is 0.539. The molecule has 1 aliphatic rings. The fourth-order valence-electron chi connectivity index (χ4n) is 2.50. The average molecular weight is 261 g/mol. The largest absolute Gasteiger partial charge is 0.354 e. The van der Waals surface area contributed by atoms with Gasteiger partial charge in [-0.3, -0.25) is 4.79 Å². The molecule has 19 heavy (non-hydrogen) atoms. The first-order chi connectivity index (χ1) is 9.15. The summed E-state index contributed by atoms with van der Waals surface area (Å²) >= 11 is 0. The summed E-state index contributed by atoms with van der Waals surface area (Å²) in [5.74, 6) is 1.17. The quantitative estimate of drug-likeness (QED) is 0.778. The van der Waals surface area contributed by atoms with E-state index < -0.39 is 0 Å². The van der Waals surface area contributed by atoms with Crippen LogP contribution < -0.4 is 4.90 Å². The van der Waals surface area contributed by atoms with Crippen LogP contribution in [0, 0.1) is 6.92 Å². The molecule has 4 heteroatoms. The van der Waals surface area contributed by atoms with Crippen LogP contribution in [0.15, 0.2) is 12.1 Å². The summed E-state index contributed by atoms with van der Waals surface area (Å²) in [5, 5.41) is 0. The number of pyridine rings is 1. The zero-order chi connectivity index (χ0) is 13.8. The highest BCUT2D eigenvalue weighted by Crippen LogP contribution is 2.17. The van der Waals surface area contributed by atoms with Crippen molar-refractivity contribution in [1.82, 2.24) is 9.88 Å². The summed E-state index contributed by atoms with van der Waals surface area (Å²) < 4.78 is 0. The van der Waals surface area contributed by atoms with Crippen molar-refractivity contribution in [2.24, 2.45) is 0 Å². The fraction of sp³-hybridized carbons (Fsp3) is 0.600. The lowest BCUT2D eigenvalue weighted by Gasteiger charge is -2.34. The molecule has 0 atom stereocenters. The molecule has 4 nitrogen and oxygen atoms in total. The maximum Gasteiger partial charge on any atom is 0.164 e. The van der Waals surface area contributed by atoms with Crippen molar-refractivity contribution >= 4 is 11.6 Å². The van der Waals surface area contributed by atoms with Crippen LogP contribution in [0.2, 0.25) is 0 Å². The Hall–Kier alpha value is -1.42. The standard InChI is InChI=1S/C15H23N3O/c1-4-14(19)13-6-7-15(16-12(13)3)18-10-8-17(5-2)9-11-18/h6-7H,4-5,8-11H2,1-3H3. The Kier molecular flexibility index (Phi) is 4.53. The molecule has 0 aromatic carbocycles. The van der Waals surface area contributed by atoms with Crippen LogP contribution in [-0.4, -0.2) is 48.4 Å². The Morgan fingerprint density at radius 3 is 2.42 bits per heavy atom. The highest BCUT2D eigenvalue weighted by Gasteiger charge is 2.18. The van der Waals surface area contributed by atoms with Gasteiger partial charge in [-0.05, 0) is 25.6 Å². The number of aryl methyl sites for hydroxylation is 1. The summed E-state index contributed by atoms with van der Waals surface area (Å²) in [4.78, 5) is 21.1. The Morgan fingerprint density at radius 1 is 1.21 bits per heavy atom. The third kappa shape index (κ3) is 3.13. The van der Waals surface area contributed by atoms with Crippen LogP contribution in [0.1, 0.15) is 36.3 Å². The minimum absolute atomic E-state index is 0.173. The highest BCUT2D eigenvalue weighted by molar-refractivity contribution is 5.96. The molecular weight excluding hydrogens is 238 g/mol. The van der Waals surface area contributed by atoms with E-state index in [4.69, 9.17) is 0 Å². The van der Waals surface area contributed by atoms with Crippen LogP contribution in [0.4, 0.5) is 5.82 Å². The summed E-state index contributed by atoms with van der Waals surface area (Å²) in [7, 11) is 0. The van der Waals surface area contributed by atoms with E-state index in [1.165, 1.54) is 0 Å². The predicted molar refractivity (Wildman–Crippen MR) is 77.9 cm³/mol. The van der Waals surface area contributed by atoms with Gasteiger partial charge in [-0.15, -0.1) is 0 Å². The predicted octanol–water partition coefficient (Wildman–Crippen LogP) is 2.12. The monoisotopic (exact) mass is 261 g/mol. The SMILES string of the molecule is CCC(=O)c1ccc(N2CCN(CC)CC2)nc1C. The number of hydrogen-bond acceptors (Lipinski definition) is 4. The number of rotatable bonds is 4. The number of anilines is 1. The third-order valence-corrected chi connectivity index (χ3v) is 3.84. The van der Waals surface area contributed by atoms with Gasteiger partial charge in [0.15, 0.2) is 5.78 Å². The van der Waals surface area contributed by atoms with E-state index in [-0.39, 0.29) is 5.78 Å². The van der Waals surface area contributed by atoms with Gasteiger partial charge in [-0.2, -0.15) is 0 Å². The van der Waals surface area contributed by atoms with E-state index in [0.717, 1.165) is 49.8 Å². The Bertz CT molecular complexity index is 451. The minimum Gasteiger partial charge on any atom is -0.354 e. The third-order valence-electron chi connectivity index (χ3n) is 3.84. The number of carbonyl (C=O) groups is 1. The van der Waals surface area contributed by atoms with Gasteiger partial charge in [0, 0.05) is 38.2 Å². The maximum atomic E-state index is 11.7. The molecule has 1 fully saturated rings. The first-order valence-electron chi connectivity index (χ1n) is 7.13. The summed E-state index contributed by atoms with van der Waals surface area (Å²) in [6, 6.07) is 3.91. The normalized spacial score (nSPS) is 16.7. The van der Waals surface area contributed by atoms with Crippen molar-refractivity contribution in [3.8, 4) is 0 Å². The van der Waals surface area contributed by atoms with Gasteiger partial charge in [-0.1, -0.05) is 13.8 Å². The van der Waals surface area contributed by atoms with Gasteiger partial charge in [0.05, 0.1) is 5.69 Å². The Labute approximate surface area is 115 Å². The Morgan fingerprint density at radius 2 is 1.89 bits per heavy atom. The van der Waals surface area contributed by atoms with E-state index in [9.17, 15) is 4.79 Å². The van der Waals surface area contributed by atoms with Crippen molar-refractivity contribution in [2.75, 3.05) is 37.6 Å². The molecule has 0 bridgehead atoms. The van der Waals surface area contributed by atoms with E-state index >= 15 is 0 Å². The number of aromatic nitrogens is 1. The Balaban J connectivity index is 2.10. The van der Waals surface area contributed by atoms with Crippen LogP contribution in [0.25, 0.3) is 0 Å². The van der Waals surface area contributed by atoms with Crippen molar-refractivity contribution in [3.63, 3.8) is 0 Å². The first kappa shape index (κ1) is 14.0. The number of ketones is 1. The maximum absolute atomic E-state index is 11.7. The number of piperazine rings is 1. The van der Waals surface area contributed by atoms with Crippen molar-refractivity contribution in [2.45, 2.75) is 27.2 Å². The molecular formula is C15H23N3O. The molecule has 0 N–H and O–H groups in total. The molecule has 1 aliphatic heterocycles. The number of likely N-dealkylation sites (N-methyl/N-ethyl adjacent to an activating group) is 1. The number of nitrogens with zero attached hydrogens (tertiary/aromatic N) is 3. The second-order valence-electron chi connectivity index (χ2n) is 5.00. The zero-order valence-electron chi connectivity index (χ0n) is 12.1. The van der Waals surface area contributed by atoms with E-state index in [2.05, 4.69) is 21.7 Å². The van der Waals surface area contributed by atoms with E-state index in [1.54, 1.807) is 0 Å². The molecule has 1 aromatic rings. The first-order valence-corrected chi connectivity index (χ1v) is 7.13. The molecule has 1 saturated heterocycles. The molecule has 2 heterocycles. The van der Waals surface area contributed by atoms with Crippen LogP contribution in [0.3, 0.4) is 0 Å². The van der Waals surface area contributed by atoms with Crippen LogP contribution in [-0.2, 0) is 0 Å². The van der Waals surface area contributed by atoms with Gasteiger partial charge >= 0.3 is 0 Å². The van der Waals surface area contributed by atoms with E-state index in [1.807, 2.05) is 26.0 Å². The molecule has 0 saturated carbocycles. The number of hydrogen-bond donors (Lipinski definition) is 0. The van der Waals surface area contributed by atoms with Crippen molar-refractivity contribution in [1.29, 1.82) is 0 Å². The lowest BCUT2D eigenvalue weighted by molar-refractivity contribution is 0.0987. The number of carbonyl (C=O) groups excluding carboxylic acids is 1. The zero-order valence-corrected chi connectivity index (χ0v) is 12.1. The molecule has 2 rings (SSSR count). The van der Waals surface area contributed by atoms with Gasteiger partial charge < -0.3 is 9.80 Å². The smallest absolute Gasteiger partial charge is 0.164 e. The minimum atomic E-state index is 0.173. The van der Waals surface area contributed by atoms with Crippen LogP contribution in [0.5, 0.6) is 0 Å². The lowest BCUT2D eigenvalue weighted by atomic mass is 10.1. The average Bonchev–Trinajstić information content (AvgIpc) is 2.46. The molecule has 0 aliphatic carbocycles.